The molecule has 1 heterocycles. The highest BCUT2D eigenvalue weighted by Gasteiger charge is 2.26. The summed E-state index contributed by atoms with van der Waals surface area (Å²) in [5.41, 5.74) is 1.97. The number of anilines is 1. The molecule has 1 N–H and O–H groups in total. The van der Waals surface area contributed by atoms with Gasteiger partial charge in [-0.1, -0.05) is 67.1 Å². The lowest BCUT2D eigenvalue weighted by Gasteiger charge is -2.25. The molecule has 1 fully saturated rings. The minimum Gasteiger partial charge on any atom is -0.455 e. The molecule has 35 heavy (non-hydrogen) atoms. The van der Waals surface area contributed by atoms with Gasteiger partial charge in [0.05, 0.1) is 4.90 Å². The second-order valence-corrected chi connectivity index (χ2v) is 10.3. The van der Waals surface area contributed by atoms with Crippen molar-refractivity contribution in [1.82, 2.24) is 4.31 Å². The summed E-state index contributed by atoms with van der Waals surface area (Å²) >= 11 is 0. The van der Waals surface area contributed by atoms with Crippen LogP contribution in [0.15, 0.2) is 89.8 Å². The first-order valence-electron chi connectivity index (χ1n) is 11.6. The second kappa shape index (κ2) is 11.3. The third-order valence-corrected chi connectivity index (χ3v) is 7.85. The largest absolute Gasteiger partial charge is 0.455 e. The Kier molecular flexibility index (Phi) is 7.94. The molecule has 3 aromatic carbocycles. The van der Waals surface area contributed by atoms with Gasteiger partial charge in [-0.05, 0) is 48.2 Å². The molecule has 1 saturated heterocycles. The minimum atomic E-state index is -3.54. The summed E-state index contributed by atoms with van der Waals surface area (Å²) in [6, 6.07) is 24.5. The first-order chi connectivity index (χ1) is 16.9. The van der Waals surface area contributed by atoms with Crippen LogP contribution in [0.2, 0.25) is 0 Å². The number of carbonyl (C=O) groups is 2. The molecule has 0 bridgehead atoms. The van der Waals surface area contributed by atoms with Crippen LogP contribution >= 0.6 is 0 Å². The standard InChI is InChI=1S/C27H28N2O5S/c30-25(28-23-14-16-24(17-15-23)35(32,33)29-18-8-3-9-19-29)20-34-27(31)26(21-10-4-1-5-11-21)22-12-6-2-7-13-22/h1-2,4-7,10-17,26H,3,8-9,18-20H2,(H,28,30). The first-order valence-corrected chi connectivity index (χ1v) is 13.1. The Labute approximate surface area is 205 Å². The van der Waals surface area contributed by atoms with E-state index in [1.165, 1.54) is 28.6 Å². The maximum absolute atomic E-state index is 12.9. The Morgan fingerprint density at radius 2 is 1.34 bits per heavy atom. The number of hydrogen-bond acceptors (Lipinski definition) is 5. The van der Waals surface area contributed by atoms with Gasteiger partial charge >= 0.3 is 5.97 Å². The topological polar surface area (TPSA) is 92.8 Å². The summed E-state index contributed by atoms with van der Waals surface area (Å²) in [5.74, 6) is -1.69. The van der Waals surface area contributed by atoms with E-state index in [1.807, 2.05) is 60.7 Å². The molecule has 0 atom stereocenters. The van der Waals surface area contributed by atoms with Crippen LogP contribution in [-0.4, -0.2) is 44.3 Å². The van der Waals surface area contributed by atoms with Crippen molar-refractivity contribution in [3.8, 4) is 0 Å². The number of hydrogen-bond donors (Lipinski definition) is 1. The van der Waals surface area contributed by atoms with Crippen molar-refractivity contribution >= 4 is 27.6 Å². The number of nitrogens with zero attached hydrogens (tertiary/aromatic N) is 1. The highest BCUT2D eigenvalue weighted by atomic mass is 32.2. The van der Waals surface area contributed by atoms with Gasteiger partial charge < -0.3 is 10.1 Å². The van der Waals surface area contributed by atoms with E-state index >= 15 is 0 Å². The highest BCUT2D eigenvalue weighted by molar-refractivity contribution is 7.89. The summed E-state index contributed by atoms with van der Waals surface area (Å²) in [4.78, 5) is 25.6. The Morgan fingerprint density at radius 1 is 0.800 bits per heavy atom. The molecule has 4 rings (SSSR count). The fourth-order valence-corrected chi connectivity index (χ4v) is 5.65. The maximum Gasteiger partial charge on any atom is 0.318 e. The molecule has 1 aliphatic rings. The number of nitrogens with one attached hydrogen (secondary N) is 1. The van der Waals surface area contributed by atoms with Crippen molar-refractivity contribution in [2.75, 3.05) is 25.0 Å². The lowest BCUT2D eigenvalue weighted by molar-refractivity contribution is -0.147. The predicted octanol–water partition coefficient (Wildman–Crippen LogP) is 4.18. The van der Waals surface area contributed by atoms with Crippen LogP contribution in [0.25, 0.3) is 0 Å². The molecule has 182 valence electrons. The van der Waals surface area contributed by atoms with Crippen LogP contribution in [0.3, 0.4) is 0 Å². The Morgan fingerprint density at radius 3 is 1.89 bits per heavy atom. The fraction of sp³-hybridized carbons (Fsp3) is 0.259. The normalized spacial score (nSPS) is 14.4. The third-order valence-electron chi connectivity index (χ3n) is 5.94. The Bertz CT molecular complexity index is 1200. The smallest absolute Gasteiger partial charge is 0.318 e. The van der Waals surface area contributed by atoms with E-state index < -0.39 is 34.4 Å². The summed E-state index contributed by atoms with van der Waals surface area (Å²) in [6.07, 6.45) is 2.77. The number of piperidine rings is 1. The molecular weight excluding hydrogens is 464 g/mol. The van der Waals surface area contributed by atoms with Gasteiger partial charge in [0.15, 0.2) is 6.61 Å². The van der Waals surface area contributed by atoms with E-state index in [1.54, 1.807) is 0 Å². The highest BCUT2D eigenvalue weighted by Crippen LogP contribution is 2.26. The van der Waals surface area contributed by atoms with Crippen molar-refractivity contribution in [3.05, 3.63) is 96.1 Å². The summed E-state index contributed by atoms with van der Waals surface area (Å²) in [7, 11) is -3.54. The van der Waals surface area contributed by atoms with Crippen LogP contribution < -0.4 is 5.32 Å². The second-order valence-electron chi connectivity index (χ2n) is 8.40. The molecule has 1 aliphatic heterocycles. The zero-order valence-corrected chi connectivity index (χ0v) is 20.1. The Balaban J connectivity index is 1.37. The van der Waals surface area contributed by atoms with E-state index in [9.17, 15) is 18.0 Å². The molecular formula is C27H28N2O5S. The van der Waals surface area contributed by atoms with Crippen LogP contribution in [0.4, 0.5) is 5.69 Å². The zero-order chi connectivity index (χ0) is 24.7. The van der Waals surface area contributed by atoms with Crippen molar-refractivity contribution < 1.29 is 22.7 Å². The van der Waals surface area contributed by atoms with Crippen LogP contribution in [-0.2, 0) is 24.3 Å². The van der Waals surface area contributed by atoms with Gasteiger partial charge in [0.1, 0.15) is 5.92 Å². The van der Waals surface area contributed by atoms with Gasteiger partial charge in [0.25, 0.3) is 5.91 Å². The van der Waals surface area contributed by atoms with Crippen molar-refractivity contribution in [3.63, 3.8) is 0 Å². The lowest BCUT2D eigenvalue weighted by Crippen LogP contribution is -2.35. The number of esters is 1. The summed E-state index contributed by atoms with van der Waals surface area (Å²) in [6.45, 7) is 0.598. The average molecular weight is 493 g/mol. The van der Waals surface area contributed by atoms with Crippen molar-refractivity contribution in [2.45, 2.75) is 30.1 Å². The van der Waals surface area contributed by atoms with Crippen molar-refractivity contribution in [1.29, 1.82) is 0 Å². The minimum absolute atomic E-state index is 0.192. The van der Waals surface area contributed by atoms with Gasteiger partial charge in [-0.15, -0.1) is 0 Å². The van der Waals surface area contributed by atoms with Gasteiger partial charge in [-0.2, -0.15) is 4.31 Å². The predicted molar refractivity (Wildman–Crippen MR) is 133 cm³/mol. The molecule has 0 aromatic heterocycles. The van der Waals surface area contributed by atoms with Gasteiger partial charge in [0.2, 0.25) is 10.0 Å². The summed E-state index contributed by atoms with van der Waals surface area (Å²) in [5, 5.41) is 2.65. The molecule has 8 heteroatoms. The number of benzene rings is 3. The maximum atomic E-state index is 12.9. The lowest BCUT2D eigenvalue weighted by atomic mass is 9.91. The first kappa shape index (κ1) is 24.6. The van der Waals surface area contributed by atoms with Crippen LogP contribution in [0.5, 0.6) is 0 Å². The van der Waals surface area contributed by atoms with E-state index in [4.69, 9.17) is 4.74 Å². The van der Waals surface area contributed by atoms with Crippen LogP contribution in [0.1, 0.15) is 36.3 Å². The van der Waals surface area contributed by atoms with E-state index in [0.29, 0.717) is 18.8 Å². The zero-order valence-electron chi connectivity index (χ0n) is 19.3. The number of rotatable bonds is 8. The summed E-state index contributed by atoms with van der Waals surface area (Å²) < 4.78 is 32.4. The third kappa shape index (κ3) is 6.15. The van der Waals surface area contributed by atoms with E-state index in [2.05, 4.69) is 5.32 Å². The molecule has 0 spiro atoms. The average Bonchev–Trinajstić information content (AvgIpc) is 2.90. The van der Waals surface area contributed by atoms with Gasteiger partial charge in [0, 0.05) is 18.8 Å². The van der Waals surface area contributed by atoms with Gasteiger partial charge in [-0.25, -0.2) is 8.42 Å². The Hall–Kier alpha value is -3.49. The van der Waals surface area contributed by atoms with E-state index in [0.717, 1.165) is 30.4 Å². The number of ether oxygens (including phenoxy) is 1. The monoisotopic (exact) mass is 492 g/mol. The quantitative estimate of drug-likeness (QED) is 0.477. The number of carbonyl (C=O) groups excluding carboxylic acids is 2. The molecule has 1 amide bonds. The molecule has 0 saturated carbocycles. The molecule has 7 nitrogen and oxygen atoms in total. The number of sulfonamides is 1. The fourth-order valence-electron chi connectivity index (χ4n) is 4.14. The molecule has 0 aliphatic carbocycles. The molecule has 0 unspecified atom stereocenters. The van der Waals surface area contributed by atoms with Crippen LogP contribution in [0, 0.1) is 0 Å². The SMILES string of the molecule is O=C(COC(=O)C(c1ccccc1)c1ccccc1)Nc1ccc(S(=O)(=O)N2CCCCC2)cc1. The van der Waals surface area contributed by atoms with Crippen molar-refractivity contribution in [2.24, 2.45) is 0 Å². The van der Waals surface area contributed by atoms with Gasteiger partial charge in [-0.3, -0.25) is 9.59 Å². The van der Waals surface area contributed by atoms with E-state index in [-0.39, 0.29) is 4.90 Å². The molecule has 3 aromatic rings. The number of amides is 1. The molecule has 0 radical (unpaired) electrons.